The van der Waals surface area contributed by atoms with E-state index in [9.17, 15) is 5.11 Å². The molecule has 24 heavy (non-hydrogen) atoms. The summed E-state index contributed by atoms with van der Waals surface area (Å²) < 4.78 is 0. The Morgan fingerprint density at radius 3 is 1.21 bits per heavy atom. The molecule has 1 N–H and O–H groups in total. The Morgan fingerprint density at radius 1 is 0.667 bits per heavy atom. The van der Waals surface area contributed by atoms with Gasteiger partial charge in [0.25, 0.3) is 0 Å². The molecule has 3 rings (SSSR count). The van der Waals surface area contributed by atoms with Gasteiger partial charge < -0.3 is 22.1 Å². The number of benzene rings is 3. The average molecular weight is 401 g/mol. The molecule has 0 fully saturated rings. The lowest BCUT2D eigenvalue weighted by molar-refractivity contribution is -0.00000676. The molecule has 3 aromatic carbocycles. The Bertz CT molecular complexity index is 633. The van der Waals surface area contributed by atoms with Crippen LogP contribution in [0.1, 0.15) is 6.92 Å². The normalized spacial score (nSPS) is 12.2. The number of hydrogen-bond donors (Lipinski definition) is 1. The van der Waals surface area contributed by atoms with Crippen LogP contribution in [0.3, 0.4) is 0 Å². The van der Waals surface area contributed by atoms with Crippen molar-refractivity contribution in [1.29, 1.82) is 0 Å². The molecule has 0 radical (unpaired) electrons. The fourth-order valence-corrected chi connectivity index (χ4v) is 7.57. The van der Waals surface area contributed by atoms with Crippen LogP contribution in [0.5, 0.6) is 0 Å². The summed E-state index contributed by atoms with van der Waals surface area (Å²) in [5, 5.41) is 14.3. The van der Waals surface area contributed by atoms with Crippen molar-refractivity contribution in [1.82, 2.24) is 0 Å². The summed E-state index contributed by atoms with van der Waals surface area (Å²) in [5.74, 6) is 0. The van der Waals surface area contributed by atoms with Crippen LogP contribution in [-0.4, -0.2) is 17.4 Å². The zero-order chi connectivity index (χ0) is 16.1. The van der Waals surface area contributed by atoms with Crippen molar-refractivity contribution in [2.24, 2.45) is 0 Å². The molecule has 0 aliphatic carbocycles. The van der Waals surface area contributed by atoms with E-state index in [-0.39, 0.29) is 23.1 Å². The van der Waals surface area contributed by atoms with Gasteiger partial charge in [0.05, 0.1) is 12.3 Å². The van der Waals surface area contributed by atoms with Gasteiger partial charge in [-0.05, 0) is 43.3 Å². The second kappa shape index (κ2) is 8.58. The first-order valence-electron chi connectivity index (χ1n) is 7.96. The molecule has 1 unspecified atom stereocenters. The zero-order valence-electron chi connectivity index (χ0n) is 13.7. The van der Waals surface area contributed by atoms with Gasteiger partial charge >= 0.3 is 0 Å². The molecule has 124 valence electrons. The Balaban J connectivity index is 0.00000208. The largest absolute Gasteiger partial charge is 1.00 e. The molecule has 0 saturated heterocycles. The van der Waals surface area contributed by atoms with E-state index in [4.69, 9.17) is 0 Å². The monoisotopic (exact) mass is 400 g/mol. The number of aliphatic hydroxyl groups is 1. The van der Waals surface area contributed by atoms with Crippen molar-refractivity contribution in [3.05, 3.63) is 91.0 Å². The summed E-state index contributed by atoms with van der Waals surface area (Å²) in [7, 11) is -1.86. The first kappa shape index (κ1) is 18.9. The maximum absolute atomic E-state index is 10.3. The maximum Gasteiger partial charge on any atom is 0.114 e. The molecule has 0 aromatic heterocycles. The van der Waals surface area contributed by atoms with Gasteiger partial charge in [0.1, 0.15) is 23.2 Å². The third-order valence-electron chi connectivity index (χ3n) is 4.13. The molecule has 1 nitrogen and oxygen atoms in total. The van der Waals surface area contributed by atoms with Gasteiger partial charge in [-0.1, -0.05) is 54.6 Å². The summed E-state index contributed by atoms with van der Waals surface area (Å²) in [4.78, 5) is 0. The number of aliphatic hydroxyl groups excluding tert-OH is 1. The highest BCUT2D eigenvalue weighted by Gasteiger charge is 2.45. The van der Waals surface area contributed by atoms with Gasteiger partial charge in [-0.2, -0.15) is 0 Å². The minimum absolute atomic E-state index is 0. The van der Waals surface area contributed by atoms with E-state index < -0.39 is 7.26 Å². The van der Waals surface area contributed by atoms with Gasteiger partial charge in [0, 0.05) is 0 Å². The van der Waals surface area contributed by atoms with Crippen molar-refractivity contribution < 1.29 is 22.1 Å². The standard InChI is InChI=1S/C21H22OP.BrH/c1-18(22)17-23(19-11-5-2-6-12-19,20-13-7-3-8-14-20)21-15-9-4-10-16-21;/h2-16,18,22H,17H2,1H3;1H/q+1;/p-1. The van der Waals surface area contributed by atoms with E-state index >= 15 is 0 Å². The summed E-state index contributed by atoms with van der Waals surface area (Å²) in [6, 6.07) is 32.0. The van der Waals surface area contributed by atoms with Gasteiger partial charge in [-0.3, -0.25) is 0 Å². The van der Waals surface area contributed by atoms with Gasteiger partial charge in [0.2, 0.25) is 0 Å². The van der Waals surface area contributed by atoms with Crippen LogP contribution in [-0.2, 0) is 0 Å². The van der Waals surface area contributed by atoms with Crippen molar-refractivity contribution in [2.45, 2.75) is 13.0 Å². The van der Waals surface area contributed by atoms with E-state index in [1.807, 2.05) is 6.92 Å². The van der Waals surface area contributed by atoms with Crippen LogP contribution in [0.25, 0.3) is 0 Å². The van der Waals surface area contributed by atoms with Crippen LogP contribution >= 0.6 is 7.26 Å². The van der Waals surface area contributed by atoms with Crippen LogP contribution in [0.4, 0.5) is 0 Å². The van der Waals surface area contributed by atoms with Gasteiger partial charge in [-0.25, -0.2) is 0 Å². The van der Waals surface area contributed by atoms with E-state index in [2.05, 4.69) is 91.0 Å². The van der Waals surface area contributed by atoms with Gasteiger partial charge in [0.15, 0.2) is 0 Å². The molecule has 0 bridgehead atoms. The summed E-state index contributed by atoms with van der Waals surface area (Å²) in [5.41, 5.74) is 0. The molecule has 1 atom stereocenters. The Labute approximate surface area is 155 Å². The van der Waals surface area contributed by atoms with E-state index in [1.54, 1.807) is 0 Å². The van der Waals surface area contributed by atoms with Crippen molar-refractivity contribution in [2.75, 3.05) is 6.16 Å². The minimum atomic E-state index is -1.86. The van der Waals surface area contributed by atoms with E-state index in [0.717, 1.165) is 6.16 Å². The highest BCUT2D eigenvalue weighted by Crippen LogP contribution is 2.55. The fraction of sp³-hybridized carbons (Fsp3) is 0.143. The number of halogens is 1. The summed E-state index contributed by atoms with van der Waals surface area (Å²) >= 11 is 0. The molecule has 3 aromatic rings. The van der Waals surface area contributed by atoms with Gasteiger partial charge in [-0.15, -0.1) is 0 Å². The topological polar surface area (TPSA) is 20.2 Å². The molecule has 0 saturated carbocycles. The maximum atomic E-state index is 10.3. The first-order valence-corrected chi connectivity index (χ1v) is 9.94. The lowest BCUT2D eigenvalue weighted by Gasteiger charge is -2.28. The highest BCUT2D eigenvalue weighted by atomic mass is 79.9. The van der Waals surface area contributed by atoms with Crippen LogP contribution in [0, 0.1) is 0 Å². The van der Waals surface area contributed by atoms with Crippen molar-refractivity contribution in [3.8, 4) is 0 Å². The lowest BCUT2D eigenvalue weighted by Crippen LogP contribution is -3.00. The van der Waals surface area contributed by atoms with Crippen LogP contribution < -0.4 is 32.9 Å². The molecule has 0 heterocycles. The smallest absolute Gasteiger partial charge is 0.114 e. The van der Waals surface area contributed by atoms with Crippen LogP contribution in [0.15, 0.2) is 91.0 Å². The molecule has 0 aliphatic rings. The van der Waals surface area contributed by atoms with E-state index in [1.165, 1.54) is 15.9 Å². The highest BCUT2D eigenvalue weighted by molar-refractivity contribution is 7.95. The predicted molar refractivity (Wildman–Crippen MR) is 102 cm³/mol. The third kappa shape index (κ3) is 3.78. The molecular formula is C21H22BrOP. The minimum Gasteiger partial charge on any atom is -1.00 e. The second-order valence-electron chi connectivity index (χ2n) is 5.85. The molecule has 0 aliphatic heterocycles. The number of hydrogen-bond acceptors (Lipinski definition) is 1. The molecule has 3 heteroatoms. The third-order valence-corrected chi connectivity index (χ3v) is 8.74. The average Bonchev–Trinajstić information content (AvgIpc) is 2.62. The zero-order valence-corrected chi connectivity index (χ0v) is 16.2. The van der Waals surface area contributed by atoms with Crippen molar-refractivity contribution in [3.63, 3.8) is 0 Å². The molecule has 0 spiro atoms. The quantitative estimate of drug-likeness (QED) is 0.613. The van der Waals surface area contributed by atoms with Crippen molar-refractivity contribution >= 4 is 23.2 Å². The van der Waals surface area contributed by atoms with E-state index in [0.29, 0.717) is 0 Å². The Morgan fingerprint density at radius 2 is 0.958 bits per heavy atom. The van der Waals surface area contributed by atoms with Crippen LogP contribution in [0.2, 0.25) is 0 Å². The summed E-state index contributed by atoms with van der Waals surface area (Å²) in [6.45, 7) is 1.89. The Kier molecular flexibility index (Phi) is 6.74. The molecule has 0 amide bonds. The first-order chi connectivity index (χ1) is 11.2. The number of rotatable bonds is 5. The Hall–Kier alpha value is -1.47. The predicted octanol–water partition coefficient (Wildman–Crippen LogP) is 0.365. The lowest BCUT2D eigenvalue weighted by atomic mass is 10.3. The second-order valence-corrected chi connectivity index (χ2v) is 9.38. The SMILES string of the molecule is CC(O)C[P+](c1ccccc1)(c1ccccc1)c1ccccc1.[Br-]. The molecular weight excluding hydrogens is 379 g/mol. The summed E-state index contributed by atoms with van der Waals surface area (Å²) in [6.07, 6.45) is 0.398. The fourth-order valence-electron chi connectivity index (χ4n) is 3.21.